The lowest BCUT2D eigenvalue weighted by Crippen LogP contribution is -2.49. The highest BCUT2D eigenvalue weighted by atomic mass is 16.5. The quantitative estimate of drug-likeness (QED) is 0.648. The number of carbonyl (C=O) groups excluding carboxylic acids is 2. The van der Waals surface area contributed by atoms with Crippen molar-refractivity contribution in [2.45, 2.75) is 39.2 Å². The summed E-state index contributed by atoms with van der Waals surface area (Å²) in [7, 11) is 0. The van der Waals surface area contributed by atoms with Crippen LogP contribution in [-0.4, -0.2) is 49.0 Å². The molecule has 6 heteroatoms. The minimum atomic E-state index is -0.244. The summed E-state index contributed by atoms with van der Waals surface area (Å²) in [4.78, 5) is 26.9. The summed E-state index contributed by atoms with van der Waals surface area (Å²) in [5, 5.41) is 5.56. The highest BCUT2D eigenvalue weighted by Crippen LogP contribution is 2.23. The molecule has 2 aromatic rings. The Kier molecular flexibility index (Phi) is 8.47. The van der Waals surface area contributed by atoms with Crippen LogP contribution in [0.2, 0.25) is 0 Å². The molecule has 2 aromatic carbocycles. The van der Waals surface area contributed by atoms with Crippen molar-refractivity contribution in [1.29, 1.82) is 0 Å². The van der Waals surface area contributed by atoms with E-state index in [2.05, 4.69) is 39.8 Å². The minimum absolute atomic E-state index is 0.0408. The topological polar surface area (TPSA) is 70.7 Å². The summed E-state index contributed by atoms with van der Waals surface area (Å²) in [6, 6.07) is 17.5. The Hall–Kier alpha value is -2.86. The van der Waals surface area contributed by atoms with E-state index in [1.807, 2.05) is 19.9 Å². The average molecular weight is 424 g/mol. The smallest absolute Gasteiger partial charge is 0.243 e. The minimum Gasteiger partial charge on any atom is -0.494 e. The van der Waals surface area contributed by atoms with Gasteiger partial charge in [0.15, 0.2) is 0 Å². The third-order valence-electron chi connectivity index (χ3n) is 5.82. The Morgan fingerprint density at radius 3 is 2.39 bits per heavy atom. The van der Waals surface area contributed by atoms with Gasteiger partial charge in [-0.1, -0.05) is 30.3 Å². The number of likely N-dealkylation sites (tertiary alicyclic amines) is 1. The Morgan fingerprint density at radius 1 is 1.06 bits per heavy atom. The van der Waals surface area contributed by atoms with Crippen molar-refractivity contribution in [3.63, 3.8) is 0 Å². The second kappa shape index (κ2) is 11.5. The first-order valence-corrected chi connectivity index (χ1v) is 11.1. The molecule has 0 aromatic heterocycles. The van der Waals surface area contributed by atoms with Gasteiger partial charge in [-0.15, -0.1) is 0 Å². The van der Waals surface area contributed by atoms with Crippen LogP contribution in [-0.2, 0) is 16.0 Å². The Labute approximate surface area is 185 Å². The summed E-state index contributed by atoms with van der Waals surface area (Å²) in [6.07, 6.45) is 3.27. The number of amides is 2. The van der Waals surface area contributed by atoms with Gasteiger partial charge in [-0.3, -0.25) is 14.5 Å². The van der Waals surface area contributed by atoms with Gasteiger partial charge in [-0.25, -0.2) is 0 Å². The normalized spacial score (nSPS) is 15.8. The Bertz CT molecular complexity index is 831. The second-order valence-corrected chi connectivity index (χ2v) is 8.07. The molecular formula is C25H33N3O3. The molecule has 31 heavy (non-hydrogen) atoms. The number of anilines is 1. The molecule has 1 saturated heterocycles. The van der Waals surface area contributed by atoms with Crippen LogP contribution < -0.4 is 15.4 Å². The van der Waals surface area contributed by atoms with Crippen molar-refractivity contribution >= 4 is 17.5 Å². The third kappa shape index (κ3) is 7.10. The van der Waals surface area contributed by atoms with Crippen LogP contribution in [0.5, 0.6) is 5.75 Å². The first-order valence-electron chi connectivity index (χ1n) is 11.1. The van der Waals surface area contributed by atoms with Gasteiger partial charge >= 0.3 is 0 Å². The summed E-state index contributed by atoms with van der Waals surface area (Å²) < 4.78 is 5.39. The van der Waals surface area contributed by atoms with Crippen LogP contribution in [0.25, 0.3) is 0 Å². The molecular weight excluding hydrogens is 390 g/mol. The van der Waals surface area contributed by atoms with Gasteiger partial charge in [0.2, 0.25) is 11.8 Å². The van der Waals surface area contributed by atoms with Crippen LogP contribution in [0.4, 0.5) is 5.69 Å². The van der Waals surface area contributed by atoms with Crippen molar-refractivity contribution in [2.75, 3.05) is 31.6 Å². The highest BCUT2D eigenvalue weighted by Gasteiger charge is 2.26. The van der Waals surface area contributed by atoms with Gasteiger partial charge in [0.25, 0.3) is 0 Å². The van der Waals surface area contributed by atoms with E-state index in [0.29, 0.717) is 18.2 Å². The maximum absolute atomic E-state index is 12.5. The fourth-order valence-corrected chi connectivity index (χ4v) is 3.98. The fourth-order valence-electron chi connectivity index (χ4n) is 3.98. The number of nitrogens with one attached hydrogen (secondary N) is 2. The number of carbonyl (C=O) groups is 2. The largest absolute Gasteiger partial charge is 0.494 e. The summed E-state index contributed by atoms with van der Waals surface area (Å²) >= 11 is 0. The zero-order valence-corrected chi connectivity index (χ0v) is 18.5. The lowest BCUT2D eigenvalue weighted by molar-refractivity contribution is -0.128. The van der Waals surface area contributed by atoms with Gasteiger partial charge < -0.3 is 15.4 Å². The molecule has 166 valence electrons. The monoisotopic (exact) mass is 423 g/mol. The summed E-state index contributed by atoms with van der Waals surface area (Å²) in [5.74, 6) is 1.07. The maximum atomic E-state index is 12.5. The molecule has 1 atom stereocenters. The van der Waals surface area contributed by atoms with Crippen LogP contribution in [0.1, 0.15) is 32.3 Å². The number of ether oxygens (including phenoxy) is 1. The number of piperidine rings is 1. The first-order chi connectivity index (χ1) is 15.0. The molecule has 1 unspecified atom stereocenters. The summed E-state index contributed by atoms with van der Waals surface area (Å²) in [5.41, 5.74) is 2.06. The van der Waals surface area contributed by atoms with Crippen LogP contribution in [0, 0.1) is 5.92 Å². The molecule has 3 rings (SSSR count). The van der Waals surface area contributed by atoms with Gasteiger partial charge in [-0.2, -0.15) is 0 Å². The van der Waals surface area contributed by atoms with Gasteiger partial charge in [0.1, 0.15) is 5.75 Å². The first kappa shape index (κ1) is 22.8. The van der Waals surface area contributed by atoms with E-state index in [9.17, 15) is 9.59 Å². The fraction of sp³-hybridized carbons (Fsp3) is 0.440. The molecule has 6 nitrogen and oxygen atoms in total. The van der Waals surface area contributed by atoms with Crippen molar-refractivity contribution in [1.82, 2.24) is 10.2 Å². The predicted molar refractivity (Wildman–Crippen MR) is 123 cm³/mol. The standard InChI is InChI=1S/C25H33N3O3/c1-3-31-23-11-9-22(10-12-23)27-24(29)18-26-25(30)19(2)28-15-13-21(14-16-28)17-20-7-5-4-6-8-20/h4-12,19,21H,3,13-18H2,1-2H3,(H,26,30)(H,27,29). The van der Waals surface area contributed by atoms with Crippen molar-refractivity contribution in [2.24, 2.45) is 5.92 Å². The molecule has 2 N–H and O–H groups in total. The van der Waals surface area contributed by atoms with E-state index < -0.39 is 0 Å². The van der Waals surface area contributed by atoms with Gasteiger partial charge in [0, 0.05) is 5.69 Å². The highest BCUT2D eigenvalue weighted by molar-refractivity contribution is 5.95. The molecule has 0 saturated carbocycles. The molecule has 0 aliphatic carbocycles. The number of benzene rings is 2. The molecule has 1 fully saturated rings. The lowest BCUT2D eigenvalue weighted by atomic mass is 9.89. The molecule has 0 bridgehead atoms. The third-order valence-corrected chi connectivity index (χ3v) is 5.82. The van der Waals surface area contributed by atoms with Crippen LogP contribution in [0.3, 0.4) is 0 Å². The second-order valence-electron chi connectivity index (χ2n) is 8.07. The maximum Gasteiger partial charge on any atom is 0.243 e. The molecule has 1 aliphatic rings. The zero-order chi connectivity index (χ0) is 22.1. The lowest BCUT2D eigenvalue weighted by Gasteiger charge is -2.35. The predicted octanol–water partition coefficient (Wildman–Crippen LogP) is 3.48. The van der Waals surface area contributed by atoms with E-state index >= 15 is 0 Å². The van der Waals surface area contributed by atoms with Crippen molar-refractivity contribution < 1.29 is 14.3 Å². The van der Waals surface area contributed by atoms with E-state index in [1.165, 1.54) is 5.56 Å². The Balaban J connectivity index is 1.37. The van der Waals surface area contributed by atoms with Gasteiger partial charge in [0.05, 0.1) is 19.2 Å². The number of nitrogens with zero attached hydrogens (tertiary/aromatic N) is 1. The van der Waals surface area contributed by atoms with Crippen LogP contribution >= 0.6 is 0 Å². The SMILES string of the molecule is CCOc1ccc(NC(=O)CNC(=O)C(C)N2CCC(Cc3ccccc3)CC2)cc1. The Morgan fingerprint density at radius 2 is 1.74 bits per heavy atom. The van der Waals surface area contributed by atoms with Crippen molar-refractivity contribution in [3.05, 3.63) is 60.2 Å². The summed E-state index contributed by atoms with van der Waals surface area (Å²) in [6.45, 7) is 6.21. The molecule has 1 aliphatic heterocycles. The van der Waals surface area contributed by atoms with E-state index in [4.69, 9.17) is 4.74 Å². The number of rotatable bonds is 9. The van der Waals surface area contributed by atoms with E-state index in [0.717, 1.165) is 38.1 Å². The molecule has 0 radical (unpaired) electrons. The zero-order valence-electron chi connectivity index (χ0n) is 18.5. The number of hydrogen-bond acceptors (Lipinski definition) is 4. The van der Waals surface area contributed by atoms with Crippen molar-refractivity contribution in [3.8, 4) is 5.75 Å². The molecule has 0 spiro atoms. The van der Waals surface area contributed by atoms with Crippen LogP contribution in [0.15, 0.2) is 54.6 Å². The number of hydrogen-bond donors (Lipinski definition) is 2. The van der Waals surface area contributed by atoms with Gasteiger partial charge in [-0.05, 0) is 81.9 Å². The average Bonchev–Trinajstić information content (AvgIpc) is 2.80. The van der Waals surface area contributed by atoms with E-state index in [-0.39, 0.29) is 24.4 Å². The molecule has 1 heterocycles. The molecule has 2 amide bonds. The van der Waals surface area contributed by atoms with E-state index in [1.54, 1.807) is 24.3 Å².